The third-order valence-corrected chi connectivity index (χ3v) is 4.67. The van der Waals surface area contributed by atoms with Gasteiger partial charge in [-0.05, 0) is 35.9 Å². The highest BCUT2D eigenvalue weighted by molar-refractivity contribution is 7.91. The molecule has 0 aliphatic carbocycles. The molecule has 102 valence electrons. The van der Waals surface area contributed by atoms with Gasteiger partial charge in [-0.3, -0.25) is 0 Å². The van der Waals surface area contributed by atoms with Crippen molar-refractivity contribution < 1.29 is 12.8 Å². The number of para-hydroxylation sites is 1. The van der Waals surface area contributed by atoms with Gasteiger partial charge in [0, 0.05) is 0 Å². The zero-order chi connectivity index (χ0) is 13.9. The first-order chi connectivity index (χ1) is 9.03. The molecule has 0 amide bonds. The first-order valence-electron chi connectivity index (χ1n) is 5.83. The maximum atomic E-state index is 12.0. The minimum absolute atomic E-state index is 0.0677. The van der Waals surface area contributed by atoms with E-state index < -0.39 is 9.84 Å². The van der Waals surface area contributed by atoms with Crippen molar-refractivity contribution in [2.24, 2.45) is 0 Å². The summed E-state index contributed by atoms with van der Waals surface area (Å²) in [4.78, 5) is 0.301. The second-order valence-electron chi connectivity index (χ2n) is 3.96. The minimum atomic E-state index is -3.25. The molecule has 0 aliphatic heterocycles. The van der Waals surface area contributed by atoms with Crippen LogP contribution in [0.15, 0.2) is 45.7 Å². The van der Waals surface area contributed by atoms with Crippen LogP contribution >= 0.6 is 11.6 Å². The SMILES string of the molecule is CCS(=O)(=O)c1ccccc1NCc1ccc(Cl)o1. The molecule has 0 fully saturated rings. The quantitative estimate of drug-likeness (QED) is 0.920. The van der Waals surface area contributed by atoms with Crippen molar-refractivity contribution in [3.8, 4) is 0 Å². The van der Waals surface area contributed by atoms with Crippen molar-refractivity contribution in [2.75, 3.05) is 11.1 Å². The normalized spacial score (nSPS) is 11.5. The zero-order valence-electron chi connectivity index (χ0n) is 10.4. The number of benzene rings is 1. The topological polar surface area (TPSA) is 59.3 Å². The van der Waals surface area contributed by atoms with Gasteiger partial charge in [-0.2, -0.15) is 0 Å². The summed E-state index contributed by atoms with van der Waals surface area (Å²) < 4.78 is 29.1. The van der Waals surface area contributed by atoms with Gasteiger partial charge >= 0.3 is 0 Å². The summed E-state index contributed by atoms with van der Waals surface area (Å²) in [7, 11) is -3.25. The molecule has 2 rings (SSSR count). The minimum Gasteiger partial charge on any atom is -0.448 e. The number of hydrogen-bond acceptors (Lipinski definition) is 4. The number of furan rings is 1. The second-order valence-corrected chi connectivity index (χ2v) is 6.58. The standard InChI is InChI=1S/C13H14ClNO3S/c1-2-19(16,17)12-6-4-3-5-11(12)15-9-10-7-8-13(14)18-10/h3-8,15H,2,9H2,1H3. The van der Waals surface area contributed by atoms with Crippen molar-refractivity contribution >= 4 is 27.1 Å². The van der Waals surface area contributed by atoms with Crippen LogP contribution in [0, 0.1) is 0 Å². The highest BCUT2D eigenvalue weighted by Crippen LogP contribution is 2.23. The van der Waals surface area contributed by atoms with E-state index >= 15 is 0 Å². The van der Waals surface area contributed by atoms with E-state index in [0.29, 0.717) is 28.1 Å². The maximum Gasteiger partial charge on any atom is 0.193 e. The fraction of sp³-hybridized carbons (Fsp3) is 0.231. The third-order valence-electron chi connectivity index (χ3n) is 2.68. The molecule has 2 aromatic rings. The summed E-state index contributed by atoms with van der Waals surface area (Å²) in [5.41, 5.74) is 0.567. The van der Waals surface area contributed by atoms with Gasteiger partial charge < -0.3 is 9.73 Å². The Balaban J connectivity index is 2.21. The Morgan fingerprint density at radius 3 is 2.58 bits per heavy atom. The maximum absolute atomic E-state index is 12.0. The van der Waals surface area contributed by atoms with E-state index in [9.17, 15) is 8.42 Å². The van der Waals surface area contributed by atoms with Crippen LogP contribution in [-0.2, 0) is 16.4 Å². The van der Waals surface area contributed by atoms with Gasteiger partial charge in [0.05, 0.1) is 22.9 Å². The molecule has 4 nitrogen and oxygen atoms in total. The molecular formula is C13H14ClNO3S. The fourth-order valence-corrected chi connectivity index (χ4v) is 2.90. The van der Waals surface area contributed by atoms with Gasteiger partial charge in [-0.25, -0.2) is 8.42 Å². The molecule has 19 heavy (non-hydrogen) atoms. The first kappa shape index (κ1) is 14.0. The van der Waals surface area contributed by atoms with Gasteiger partial charge in [0.2, 0.25) is 0 Å². The summed E-state index contributed by atoms with van der Waals surface area (Å²) in [5.74, 6) is 0.715. The molecule has 0 saturated heterocycles. The molecule has 0 atom stereocenters. The van der Waals surface area contributed by atoms with Crippen molar-refractivity contribution in [3.63, 3.8) is 0 Å². The Hall–Kier alpha value is -1.46. The highest BCUT2D eigenvalue weighted by atomic mass is 35.5. The van der Waals surface area contributed by atoms with Crippen LogP contribution in [0.3, 0.4) is 0 Å². The number of nitrogens with one attached hydrogen (secondary N) is 1. The Morgan fingerprint density at radius 2 is 1.95 bits per heavy atom. The molecule has 0 radical (unpaired) electrons. The van der Waals surface area contributed by atoms with Crippen molar-refractivity contribution in [3.05, 3.63) is 47.4 Å². The zero-order valence-corrected chi connectivity index (χ0v) is 12.0. The van der Waals surface area contributed by atoms with Crippen LogP contribution in [0.4, 0.5) is 5.69 Å². The van der Waals surface area contributed by atoms with Crippen LogP contribution < -0.4 is 5.32 Å². The summed E-state index contributed by atoms with van der Waals surface area (Å²) in [6, 6.07) is 10.2. The monoisotopic (exact) mass is 299 g/mol. The number of rotatable bonds is 5. The average molecular weight is 300 g/mol. The highest BCUT2D eigenvalue weighted by Gasteiger charge is 2.15. The van der Waals surface area contributed by atoms with Crippen molar-refractivity contribution in [2.45, 2.75) is 18.4 Å². The van der Waals surface area contributed by atoms with E-state index in [1.54, 1.807) is 43.3 Å². The van der Waals surface area contributed by atoms with Crippen LogP contribution in [0.2, 0.25) is 5.22 Å². The van der Waals surface area contributed by atoms with Gasteiger partial charge in [-0.1, -0.05) is 19.1 Å². The third kappa shape index (κ3) is 3.30. The van der Waals surface area contributed by atoms with Crippen LogP contribution in [0.25, 0.3) is 0 Å². The van der Waals surface area contributed by atoms with E-state index in [2.05, 4.69) is 5.32 Å². The Bertz CT molecular complexity index is 664. The van der Waals surface area contributed by atoms with Gasteiger partial charge in [-0.15, -0.1) is 0 Å². The predicted octanol–water partition coefficient (Wildman–Crippen LogP) is 3.34. The van der Waals surface area contributed by atoms with E-state index in [4.69, 9.17) is 16.0 Å². The largest absolute Gasteiger partial charge is 0.448 e. The summed E-state index contributed by atoms with van der Waals surface area (Å²) in [5, 5.41) is 3.36. The molecule has 0 saturated carbocycles. The second kappa shape index (κ2) is 5.67. The lowest BCUT2D eigenvalue weighted by Gasteiger charge is -2.10. The molecule has 1 heterocycles. The van der Waals surface area contributed by atoms with Crippen LogP contribution in [-0.4, -0.2) is 14.2 Å². The predicted molar refractivity (Wildman–Crippen MR) is 75.2 cm³/mol. The smallest absolute Gasteiger partial charge is 0.193 e. The number of anilines is 1. The average Bonchev–Trinajstić information content (AvgIpc) is 2.82. The Kier molecular flexibility index (Phi) is 4.17. The van der Waals surface area contributed by atoms with Gasteiger partial charge in [0.1, 0.15) is 5.76 Å². The van der Waals surface area contributed by atoms with E-state index in [-0.39, 0.29) is 5.75 Å². The molecule has 0 spiro atoms. The summed E-state index contributed by atoms with van der Waals surface area (Å²) in [6.07, 6.45) is 0. The first-order valence-corrected chi connectivity index (χ1v) is 7.86. The molecule has 1 N–H and O–H groups in total. The van der Waals surface area contributed by atoms with E-state index in [1.165, 1.54) is 0 Å². The lowest BCUT2D eigenvalue weighted by molar-refractivity contribution is 0.519. The number of hydrogen-bond donors (Lipinski definition) is 1. The van der Waals surface area contributed by atoms with E-state index in [0.717, 1.165) is 0 Å². The van der Waals surface area contributed by atoms with Crippen molar-refractivity contribution in [1.82, 2.24) is 0 Å². The van der Waals surface area contributed by atoms with Crippen LogP contribution in [0.5, 0.6) is 0 Å². The van der Waals surface area contributed by atoms with Gasteiger partial charge in [0.15, 0.2) is 15.1 Å². The fourth-order valence-electron chi connectivity index (χ4n) is 1.67. The molecule has 0 aliphatic rings. The van der Waals surface area contributed by atoms with Crippen LogP contribution in [0.1, 0.15) is 12.7 Å². The van der Waals surface area contributed by atoms with Crippen molar-refractivity contribution in [1.29, 1.82) is 0 Å². The lowest BCUT2D eigenvalue weighted by atomic mass is 10.3. The Morgan fingerprint density at radius 1 is 1.21 bits per heavy atom. The molecule has 1 aromatic heterocycles. The summed E-state index contributed by atoms with van der Waals surface area (Å²) >= 11 is 5.68. The molecule has 1 aromatic carbocycles. The molecule has 0 bridgehead atoms. The lowest BCUT2D eigenvalue weighted by Crippen LogP contribution is -2.08. The molecular weight excluding hydrogens is 286 g/mol. The number of halogens is 1. The molecule has 6 heteroatoms. The Labute approximate surface area is 117 Å². The van der Waals surface area contributed by atoms with E-state index in [1.807, 2.05) is 0 Å². The van der Waals surface area contributed by atoms with Gasteiger partial charge in [0.25, 0.3) is 0 Å². The number of sulfone groups is 1. The molecule has 0 unspecified atom stereocenters. The summed E-state index contributed by atoms with van der Waals surface area (Å²) in [6.45, 7) is 2.00.